The Kier molecular flexibility index (Phi) is 5.19. The lowest BCUT2D eigenvalue weighted by molar-refractivity contribution is 0.340. The molecule has 0 radical (unpaired) electrons. The van der Waals surface area contributed by atoms with Crippen LogP contribution in [0.25, 0.3) is 11.1 Å². The third kappa shape index (κ3) is 4.10. The van der Waals surface area contributed by atoms with Crippen LogP contribution in [0.3, 0.4) is 0 Å². The fraction of sp³-hybridized carbons (Fsp3) is 0.190. The Morgan fingerprint density at radius 1 is 0.840 bits per heavy atom. The minimum absolute atomic E-state index is 0.0221. The summed E-state index contributed by atoms with van der Waals surface area (Å²) in [4.78, 5) is 12.2. The summed E-state index contributed by atoms with van der Waals surface area (Å²) in [6.07, 6.45) is 1.89. The Morgan fingerprint density at radius 2 is 1.48 bits per heavy atom. The number of rotatable bonds is 6. The summed E-state index contributed by atoms with van der Waals surface area (Å²) in [5.74, 6) is 1.65. The number of nitrogens with zero attached hydrogens (tertiary/aromatic N) is 1. The molecule has 3 aromatic rings. The first kappa shape index (κ1) is 16.8. The second-order valence-electron chi connectivity index (χ2n) is 5.69. The number of methoxy groups -OCH3 is 1. The van der Waals surface area contributed by atoms with Crippen LogP contribution in [0.4, 0.5) is 0 Å². The molecule has 0 aliphatic rings. The molecule has 0 spiro atoms. The van der Waals surface area contributed by atoms with Gasteiger partial charge in [0.2, 0.25) is 0 Å². The summed E-state index contributed by atoms with van der Waals surface area (Å²) >= 11 is 0. The van der Waals surface area contributed by atoms with Gasteiger partial charge in [0.25, 0.3) is 5.56 Å². The van der Waals surface area contributed by atoms with Crippen LogP contribution in [0.2, 0.25) is 0 Å². The van der Waals surface area contributed by atoms with Crippen molar-refractivity contribution in [1.29, 1.82) is 0 Å². The molecule has 0 saturated carbocycles. The van der Waals surface area contributed by atoms with Crippen molar-refractivity contribution in [2.75, 3.05) is 13.7 Å². The van der Waals surface area contributed by atoms with E-state index in [-0.39, 0.29) is 5.56 Å². The Bertz CT molecular complexity index is 880. The predicted octanol–water partition coefficient (Wildman–Crippen LogP) is 3.97. The van der Waals surface area contributed by atoms with Gasteiger partial charge in [-0.3, -0.25) is 4.79 Å². The number of pyridine rings is 1. The van der Waals surface area contributed by atoms with E-state index in [0.29, 0.717) is 13.2 Å². The molecule has 1 heterocycles. The summed E-state index contributed by atoms with van der Waals surface area (Å²) in [6.45, 7) is 3.12. The molecule has 25 heavy (non-hydrogen) atoms. The molecule has 2 aromatic carbocycles. The maximum atomic E-state index is 12.2. The number of hydrogen-bond donors (Lipinski definition) is 0. The average molecular weight is 335 g/mol. The van der Waals surface area contributed by atoms with Crippen LogP contribution in [0, 0.1) is 0 Å². The molecule has 4 nitrogen and oxygen atoms in total. The molecule has 0 N–H and O–H groups in total. The van der Waals surface area contributed by atoms with E-state index in [1.165, 1.54) is 0 Å². The first-order valence-corrected chi connectivity index (χ1v) is 8.26. The van der Waals surface area contributed by atoms with Crippen molar-refractivity contribution in [3.05, 3.63) is 82.8 Å². The quantitative estimate of drug-likeness (QED) is 0.684. The molecule has 128 valence electrons. The zero-order chi connectivity index (χ0) is 17.6. The van der Waals surface area contributed by atoms with Gasteiger partial charge in [-0.15, -0.1) is 0 Å². The molecular formula is C21H21NO3. The SMILES string of the molecule is CCOc1ccc(Cn2cc(-c3ccc(OC)cc3)ccc2=O)cc1. The average Bonchev–Trinajstić information content (AvgIpc) is 2.65. The molecule has 0 aliphatic carbocycles. The van der Waals surface area contributed by atoms with Crippen molar-refractivity contribution in [1.82, 2.24) is 4.57 Å². The molecule has 1 aromatic heterocycles. The van der Waals surface area contributed by atoms with Gasteiger partial charge < -0.3 is 14.0 Å². The molecule has 0 aliphatic heterocycles. The molecule has 4 heteroatoms. The van der Waals surface area contributed by atoms with E-state index in [9.17, 15) is 4.79 Å². The zero-order valence-corrected chi connectivity index (χ0v) is 14.4. The second kappa shape index (κ2) is 7.71. The molecule has 0 unspecified atom stereocenters. The van der Waals surface area contributed by atoms with Crippen molar-refractivity contribution >= 4 is 0 Å². The first-order valence-electron chi connectivity index (χ1n) is 8.26. The topological polar surface area (TPSA) is 40.5 Å². The maximum absolute atomic E-state index is 12.2. The summed E-state index contributed by atoms with van der Waals surface area (Å²) in [6, 6.07) is 19.1. The summed E-state index contributed by atoms with van der Waals surface area (Å²) in [5, 5.41) is 0. The largest absolute Gasteiger partial charge is 0.497 e. The second-order valence-corrected chi connectivity index (χ2v) is 5.69. The fourth-order valence-electron chi connectivity index (χ4n) is 2.66. The van der Waals surface area contributed by atoms with Crippen molar-refractivity contribution in [3.8, 4) is 22.6 Å². The van der Waals surface area contributed by atoms with Gasteiger partial charge in [-0.25, -0.2) is 0 Å². The Morgan fingerprint density at radius 3 is 2.12 bits per heavy atom. The summed E-state index contributed by atoms with van der Waals surface area (Å²) in [7, 11) is 1.64. The van der Waals surface area contributed by atoms with Crippen LogP contribution in [0.15, 0.2) is 71.7 Å². The van der Waals surface area contributed by atoms with Gasteiger partial charge in [0.15, 0.2) is 0 Å². The first-order chi connectivity index (χ1) is 12.2. The number of aromatic nitrogens is 1. The van der Waals surface area contributed by atoms with Crippen LogP contribution in [-0.4, -0.2) is 18.3 Å². The van der Waals surface area contributed by atoms with Crippen molar-refractivity contribution in [2.24, 2.45) is 0 Å². The highest BCUT2D eigenvalue weighted by molar-refractivity contribution is 5.63. The van der Waals surface area contributed by atoms with E-state index >= 15 is 0 Å². The third-order valence-electron chi connectivity index (χ3n) is 3.99. The Hall–Kier alpha value is -3.01. The molecule has 0 atom stereocenters. The van der Waals surface area contributed by atoms with E-state index in [2.05, 4.69) is 0 Å². The molecule has 0 amide bonds. The van der Waals surface area contributed by atoms with Crippen molar-refractivity contribution in [3.63, 3.8) is 0 Å². The smallest absolute Gasteiger partial charge is 0.250 e. The third-order valence-corrected chi connectivity index (χ3v) is 3.99. The summed E-state index contributed by atoms with van der Waals surface area (Å²) < 4.78 is 12.4. The van der Waals surface area contributed by atoms with E-state index in [0.717, 1.165) is 28.2 Å². The van der Waals surface area contributed by atoms with Crippen LogP contribution in [-0.2, 0) is 6.54 Å². The van der Waals surface area contributed by atoms with Crippen LogP contribution in [0.5, 0.6) is 11.5 Å². The fourth-order valence-corrected chi connectivity index (χ4v) is 2.66. The van der Waals surface area contributed by atoms with E-state index in [1.54, 1.807) is 17.7 Å². The Labute approximate surface area is 147 Å². The molecule has 0 saturated heterocycles. The normalized spacial score (nSPS) is 10.5. The molecule has 0 bridgehead atoms. The highest BCUT2D eigenvalue weighted by Crippen LogP contribution is 2.21. The van der Waals surface area contributed by atoms with Gasteiger partial charge in [-0.05, 0) is 53.9 Å². The van der Waals surface area contributed by atoms with Gasteiger partial charge in [0.05, 0.1) is 20.3 Å². The molecule has 0 fully saturated rings. The lowest BCUT2D eigenvalue weighted by Crippen LogP contribution is -2.19. The van der Waals surface area contributed by atoms with Crippen molar-refractivity contribution < 1.29 is 9.47 Å². The minimum atomic E-state index is -0.0221. The van der Waals surface area contributed by atoms with Crippen molar-refractivity contribution in [2.45, 2.75) is 13.5 Å². The monoisotopic (exact) mass is 335 g/mol. The van der Waals surface area contributed by atoms with Gasteiger partial charge in [0, 0.05) is 12.3 Å². The van der Waals surface area contributed by atoms with Gasteiger partial charge >= 0.3 is 0 Å². The van der Waals surface area contributed by atoms with Gasteiger partial charge in [-0.2, -0.15) is 0 Å². The van der Waals surface area contributed by atoms with Crippen LogP contribution in [0.1, 0.15) is 12.5 Å². The highest BCUT2D eigenvalue weighted by atomic mass is 16.5. The number of ether oxygens (including phenoxy) is 2. The van der Waals surface area contributed by atoms with Gasteiger partial charge in [-0.1, -0.05) is 24.3 Å². The number of hydrogen-bond acceptors (Lipinski definition) is 3. The van der Waals surface area contributed by atoms with E-state index in [4.69, 9.17) is 9.47 Å². The van der Waals surface area contributed by atoms with Crippen LogP contribution < -0.4 is 15.0 Å². The molecular weight excluding hydrogens is 314 g/mol. The highest BCUT2D eigenvalue weighted by Gasteiger charge is 2.04. The lowest BCUT2D eigenvalue weighted by atomic mass is 10.1. The van der Waals surface area contributed by atoms with E-state index in [1.807, 2.05) is 67.7 Å². The Balaban J connectivity index is 1.84. The standard InChI is InChI=1S/C21H21NO3/c1-3-25-20-9-4-16(5-10-20)14-22-15-18(8-13-21(22)23)17-6-11-19(24-2)12-7-17/h4-13,15H,3,14H2,1-2H3. The van der Waals surface area contributed by atoms with E-state index < -0.39 is 0 Å². The lowest BCUT2D eigenvalue weighted by Gasteiger charge is -2.10. The molecule has 3 rings (SSSR count). The zero-order valence-electron chi connectivity index (χ0n) is 14.4. The minimum Gasteiger partial charge on any atom is -0.497 e. The number of benzene rings is 2. The van der Waals surface area contributed by atoms with Gasteiger partial charge in [0.1, 0.15) is 11.5 Å². The summed E-state index contributed by atoms with van der Waals surface area (Å²) in [5.41, 5.74) is 3.07. The predicted molar refractivity (Wildman–Crippen MR) is 99.4 cm³/mol. The maximum Gasteiger partial charge on any atom is 0.250 e. The van der Waals surface area contributed by atoms with Crippen LogP contribution >= 0.6 is 0 Å².